The lowest BCUT2D eigenvalue weighted by Crippen LogP contribution is -2.49. The van der Waals surface area contributed by atoms with Gasteiger partial charge in [-0.1, -0.05) is 29.3 Å². The van der Waals surface area contributed by atoms with E-state index in [9.17, 15) is 4.79 Å². The summed E-state index contributed by atoms with van der Waals surface area (Å²) in [7, 11) is 0. The molecule has 0 unspecified atom stereocenters. The van der Waals surface area contributed by atoms with Crippen LogP contribution in [0.4, 0.5) is 4.79 Å². The van der Waals surface area contributed by atoms with Gasteiger partial charge in [-0.2, -0.15) is 0 Å². The molecule has 0 spiro atoms. The van der Waals surface area contributed by atoms with E-state index in [0.717, 1.165) is 45.4 Å². The molecule has 0 saturated carbocycles. The number of amides is 1. The summed E-state index contributed by atoms with van der Waals surface area (Å²) in [5.74, 6) is 0.704. The van der Waals surface area contributed by atoms with Crippen LogP contribution < -0.4 is 0 Å². The van der Waals surface area contributed by atoms with Gasteiger partial charge in [0.05, 0.1) is 10.0 Å². The second kappa shape index (κ2) is 9.23. The highest BCUT2D eigenvalue weighted by Gasteiger charge is 2.31. The zero-order valence-electron chi connectivity index (χ0n) is 17.2. The second-order valence-corrected chi connectivity index (χ2v) is 9.94. The predicted octanol–water partition coefficient (Wildman–Crippen LogP) is 5.65. The molecule has 2 aliphatic rings. The fourth-order valence-corrected chi connectivity index (χ4v) is 4.58. The maximum Gasteiger partial charge on any atom is 0.410 e. The van der Waals surface area contributed by atoms with Crippen molar-refractivity contribution in [3.8, 4) is 0 Å². The molecule has 3 rings (SSSR count). The first-order chi connectivity index (χ1) is 13.2. The monoisotopic (exact) mass is 426 g/mol. The van der Waals surface area contributed by atoms with Crippen molar-refractivity contribution in [1.82, 2.24) is 9.80 Å². The minimum atomic E-state index is -0.426. The Morgan fingerprint density at radius 1 is 1.04 bits per heavy atom. The van der Waals surface area contributed by atoms with Crippen LogP contribution in [-0.2, 0) is 11.2 Å². The molecule has 1 aromatic carbocycles. The minimum Gasteiger partial charge on any atom is -0.444 e. The number of rotatable bonds is 3. The number of ether oxygens (including phenoxy) is 1. The zero-order valence-corrected chi connectivity index (χ0v) is 18.7. The van der Waals surface area contributed by atoms with Gasteiger partial charge in [-0.3, -0.25) is 0 Å². The number of carbonyl (C=O) groups excluding carboxylic acids is 1. The van der Waals surface area contributed by atoms with Gasteiger partial charge >= 0.3 is 6.09 Å². The Balaban J connectivity index is 1.42. The summed E-state index contributed by atoms with van der Waals surface area (Å²) in [6.07, 6.45) is 5.40. The number of hydrogen-bond acceptors (Lipinski definition) is 3. The standard InChI is InChI=1S/C22H32Cl2N2O2/c1-22(2,3)28-21(27)26-12-8-18(9-13-26)25-10-6-16(7-11-25)14-17-4-5-19(23)20(24)15-17/h4-5,15-16,18H,6-14H2,1-3H3. The van der Waals surface area contributed by atoms with E-state index < -0.39 is 5.60 Å². The second-order valence-electron chi connectivity index (χ2n) is 9.13. The van der Waals surface area contributed by atoms with Crippen LogP contribution in [0.1, 0.15) is 52.0 Å². The van der Waals surface area contributed by atoms with E-state index in [4.69, 9.17) is 27.9 Å². The third-order valence-corrected chi connectivity index (χ3v) is 6.53. The average molecular weight is 427 g/mol. The number of carbonyl (C=O) groups is 1. The summed E-state index contributed by atoms with van der Waals surface area (Å²) in [4.78, 5) is 16.7. The largest absolute Gasteiger partial charge is 0.444 e. The zero-order chi connectivity index (χ0) is 20.3. The van der Waals surface area contributed by atoms with Gasteiger partial charge in [0.15, 0.2) is 0 Å². The van der Waals surface area contributed by atoms with Crippen molar-refractivity contribution < 1.29 is 9.53 Å². The Morgan fingerprint density at radius 2 is 1.68 bits per heavy atom. The van der Waals surface area contributed by atoms with Crippen molar-refractivity contribution in [2.45, 2.75) is 64.5 Å². The lowest BCUT2D eigenvalue weighted by molar-refractivity contribution is 0.0119. The lowest BCUT2D eigenvalue weighted by Gasteiger charge is -2.42. The van der Waals surface area contributed by atoms with Gasteiger partial charge in [-0.15, -0.1) is 0 Å². The topological polar surface area (TPSA) is 32.8 Å². The van der Waals surface area contributed by atoms with Crippen LogP contribution in [-0.4, -0.2) is 53.7 Å². The highest BCUT2D eigenvalue weighted by molar-refractivity contribution is 6.42. The SMILES string of the molecule is CC(C)(C)OC(=O)N1CCC(N2CCC(Cc3ccc(Cl)c(Cl)c3)CC2)CC1. The van der Waals surface area contributed by atoms with Crippen LogP contribution in [0.3, 0.4) is 0 Å². The van der Waals surface area contributed by atoms with Crippen molar-refractivity contribution in [3.63, 3.8) is 0 Å². The molecule has 0 bridgehead atoms. The van der Waals surface area contributed by atoms with Crippen molar-refractivity contribution >= 4 is 29.3 Å². The molecule has 28 heavy (non-hydrogen) atoms. The third kappa shape index (κ3) is 6.01. The average Bonchev–Trinajstić information content (AvgIpc) is 2.64. The molecule has 0 N–H and O–H groups in total. The number of halogens is 2. The minimum absolute atomic E-state index is 0.175. The van der Waals surface area contributed by atoms with Gasteiger partial charge in [0.25, 0.3) is 0 Å². The molecule has 6 heteroatoms. The Bertz CT molecular complexity index is 674. The van der Waals surface area contributed by atoms with E-state index in [1.54, 1.807) is 0 Å². The van der Waals surface area contributed by atoms with Crippen LogP contribution in [0.15, 0.2) is 18.2 Å². The van der Waals surface area contributed by atoms with Crippen LogP contribution in [0.2, 0.25) is 10.0 Å². The third-order valence-electron chi connectivity index (χ3n) is 5.79. The summed E-state index contributed by atoms with van der Waals surface area (Å²) >= 11 is 12.2. The molecule has 0 radical (unpaired) electrons. The molecule has 0 atom stereocenters. The summed E-state index contributed by atoms with van der Waals surface area (Å²) < 4.78 is 5.50. The van der Waals surface area contributed by atoms with Gasteiger partial charge < -0.3 is 14.5 Å². The summed E-state index contributed by atoms with van der Waals surface area (Å²) in [6, 6.07) is 6.58. The number of likely N-dealkylation sites (tertiary alicyclic amines) is 2. The number of nitrogens with zero attached hydrogens (tertiary/aromatic N) is 2. The molecule has 2 aliphatic heterocycles. The molecule has 2 saturated heterocycles. The molecule has 156 valence electrons. The summed E-state index contributed by atoms with van der Waals surface area (Å²) in [5, 5.41) is 1.27. The normalized spacial score (nSPS) is 20.4. The molecule has 1 amide bonds. The molecular formula is C22H32Cl2N2O2. The molecule has 1 aromatic rings. The van der Waals surface area contributed by atoms with E-state index in [-0.39, 0.29) is 6.09 Å². The van der Waals surface area contributed by atoms with Gasteiger partial charge in [0.1, 0.15) is 5.60 Å². The molecular weight excluding hydrogens is 395 g/mol. The van der Waals surface area contributed by atoms with Crippen molar-refractivity contribution in [3.05, 3.63) is 33.8 Å². The summed E-state index contributed by atoms with van der Waals surface area (Å²) in [6.45, 7) is 9.62. The van der Waals surface area contributed by atoms with Gasteiger partial charge in [-0.05, 0) is 89.6 Å². The van der Waals surface area contributed by atoms with Gasteiger partial charge in [0.2, 0.25) is 0 Å². The van der Waals surface area contributed by atoms with Crippen molar-refractivity contribution in [2.75, 3.05) is 26.2 Å². The molecule has 0 aromatic heterocycles. The van der Waals surface area contributed by atoms with Crippen LogP contribution in [0.5, 0.6) is 0 Å². The van der Waals surface area contributed by atoms with Gasteiger partial charge in [-0.25, -0.2) is 4.79 Å². The Kier molecular flexibility index (Phi) is 7.17. The van der Waals surface area contributed by atoms with E-state index in [1.165, 1.54) is 18.4 Å². The van der Waals surface area contributed by atoms with Crippen LogP contribution >= 0.6 is 23.2 Å². The van der Waals surface area contributed by atoms with Gasteiger partial charge in [0, 0.05) is 19.1 Å². The van der Waals surface area contributed by atoms with Crippen LogP contribution in [0.25, 0.3) is 0 Å². The maximum atomic E-state index is 12.2. The fraction of sp³-hybridized carbons (Fsp3) is 0.682. The molecule has 2 heterocycles. The van der Waals surface area contributed by atoms with E-state index in [0.29, 0.717) is 22.0 Å². The molecule has 2 fully saturated rings. The van der Waals surface area contributed by atoms with Crippen LogP contribution in [0, 0.1) is 5.92 Å². The lowest BCUT2D eigenvalue weighted by atomic mass is 9.88. The highest BCUT2D eigenvalue weighted by Crippen LogP contribution is 2.29. The Morgan fingerprint density at radius 3 is 2.25 bits per heavy atom. The first-order valence-corrected chi connectivity index (χ1v) is 11.1. The molecule has 4 nitrogen and oxygen atoms in total. The maximum absolute atomic E-state index is 12.2. The number of hydrogen-bond donors (Lipinski definition) is 0. The van der Waals surface area contributed by atoms with Crippen molar-refractivity contribution in [2.24, 2.45) is 5.92 Å². The summed E-state index contributed by atoms with van der Waals surface area (Å²) in [5.41, 5.74) is 0.850. The fourth-order valence-electron chi connectivity index (χ4n) is 4.26. The predicted molar refractivity (Wildman–Crippen MR) is 115 cm³/mol. The van der Waals surface area contributed by atoms with E-state index in [2.05, 4.69) is 11.0 Å². The number of benzene rings is 1. The quantitative estimate of drug-likeness (QED) is 0.625. The Hall–Kier alpha value is -0.970. The smallest absolute Gasteiger partial charge is 0.410 e. The highest BCUT2D eigenvalue weighted by atomic mass is 35.5. The molecule has 0 aliphatic carbocycles. The number of piperidine rings is 2. The van der Waals surface area contributed by atoms with E-state index >= 15 is 0 Å². The van der Waals surface area contributed by atoms with E-state index in [1.807, 2.05) is 37.8 Å². The first kappa shape index (κ1) is 21.7. The first-order valence-electron chi connectivity index (χ1n) is 10.4. The van der Waals surface area contributed by atoms with Crippen molar-refractivity contribution in [1.29, 1.82) is 0 Å². The Labute approximate surface area is 179 Å².